The van der Waals surface area contributed by atoms with E-state index in [0.29, 0.717) is 12.6 Å². The Balaban J connectivity index is 1.98. The number of pyridine rings is 1. The van der Waals surface area contributed by atoms with Gasteiger partial charge in [-0.2, -0.15) is 0 Å². The predicted molar refractivity (Wildman–Crippen MR) is 79.5 cm³/mol. The second-order valence-corrected chi connectivity index (χ2v) is 5.65. The minimum absolute atomic E-state index is 0.116. The molecule has 1 aromatic heterocycles. The van der Waals surface area contributed by atoms with Crippen LogP contribution in [0.2, 0.25) is 0 Å². The summed E-state index contributed by atoms with van der Waals surface area (Å²) in [5.74, 6) is 1.00. The van der Waals surface area contributed by atoms with Crippen LogP contribution in [0.5, 0.6) is 0 Å². The molecule has 0 bridgehead atoms. The van der Waals surface area contributed by atoms with Crippen LogP contribution in [-0.2, 0) is 17.6 Å². The number of amidine groups is 1. The lowest BCUT2D eigenvalue weighted by molar-refractivity contribution is 0.204. The van der Waals surface area contributed by atoms with E-state index < -0.39 is 0 Å². The number of hydrogen-bond acceptors (Lipinski definition) is 4. The van der Waals surface area contributed by atoms with Crippen LogP contribution in [0.4, 0.5) is 5.82 Å². The lowest BCUT2D eigenvalue weighted by atomic mass is 10.1. The highest BCUT2D eigenvalue weighted by Crippen LogP contribution is 2.34. The third-order valence-electron chi connectivity index (χ3n) is 4.12. The zero-order chi connectivity index (χ0) is 14.1. The summed E-state index contributed by atoms with van der Waals surface area (Å²) in [5.41, 5.74) is 9.02. The van der Waals surface area contributed by atoms with Gasteiger partial charge in [0.25, 0.3) is 0 Å². The molecule has 0 spiro atoms. The molecule has 0 unspecified atom stereocenters. The first-order chi connectivity index (χ1) is 9.70. The summed E-state index contributed by atoms with van der Waals surface area (Å²) in [6, 6.07) is 2.62. The van der Waals surface area contributed by atoms with E-state index in [1.165, 1.54) is 24.1 Å². The number of nitrogens with zero attached hydrogens (tertiary/aromatic N) is 2. The molecule has 2 aliphatic carbocycles. The normalized spacial score (nSPS) is 17.1. The molecule has 0 saturated heterocycles. The Bertz CT molecular complexity index is 525. The fourth-order valence-corrected chi connectivity index (χ4v) is 2.92. The molecule has 1 fully saturated rings. The van der Waals surface area contributed by atoms with Crippen molar-refractivity contribution in [1.29, 1.82) is 5.41 Å². The van der Waals surface area contributed by atoms with Gasteiger partial charge in [-0.3, -0.25) is 5.41 Å². The third-order valence-corrected chi connectivity index (χ3v) is 4.12. The predicted octanol–water partition coefficient (Wildman–Crippen LogP) is 1.47. The summed E-state index contributed by atoms with van der Waals surface area (Å²) in [6.07, 6.45) is 5.65. The number of nitrogens with one attached hydrogen (secondary N) is 1. The topological polar surface area (TPSA) is 75.2 Å². The number of fused-ring (bicyclic) bond motifs is 1. The van der Waals surface area contributed by atoms with E-state index in [-0.39, 0.29) is 5.84 Å². The third kappa shape index (κ3) is 2.50. The van der Waals surface area contributed by atoms with Crippen LogP contribution in [0.25, 0.3) is 0 Å². The van der Waals surface area contributed by atoms with Crippen LogP contribution >= 0.6 is 0 Å². The molecule has 1 heterocycles. The molecule has 2 aliphatic rings. The molecular weight excluding hydrogens is 252 g/mol. The van der Waals surface area contributed by atoms with Gasteiger partial charge in [-0.1, -0.05) is 0 Å². The van der Waals surface area contributed by atoms with Crippen LogP contribution < -0.4 is 10.6 Å². The van der Waals surface area contributed by atoms with E-state index in [0.717, 1.165) is 37.2 Å². The highest BCUT2D eigenvalue weighted by atomic mass is 16.5. The van der Waals surface area contributed by atoms with E-state index in [4.69, 9.17) is 20.9 Å². The molecule has 0 radical (unpaired) electrons. The number of nitrogen functional groups attached to an aromatic ring is 1. The summed E-state index contributed by atoms with van der Waals surface area (Å²) >= 11 is 0. The van der Waals surface area contributed by atoms with Crippen LogP contribution in [0.1, 0.15) is 36.1 Å². The lowest BCUT2D eigenvalue weighted by Crippen LogP contribution is -2.33. The molecule has 3 rings (SSSR count). The maximum absolute atomic E-state index is 7.85. The molecule has 0 aromatic carbocycles. The quantitative estimate of drug-likeness (QED) is 0.608. The van der Waals surface area contributed by atoms with Gasteiger partial charge in [-0.15, -0.1) is 0 Å². The summed E-state index contributed by atoms with van der Waals surface area (Å²) in [6.45, 7) is 1.49. The van der Waals surface area contributed by atoms with Gasteiger partial charge in [0, 0.05) is 25.4 Å². The van der Waals surface area contributed by atoms with Gasteiger partial charge >= 0.3 is 0 Å². The van der Waals surface area contributed by atoms with E-state index in [9.17, 15) is 0 Å². The Hall–Kier alpha value is -1.62. The average Bonchev–Trinajstić information content (AvgIpc) is 3.16. The maximum Gasteiger partial charge on any atom is 0.140 e. The molecule has 1 saturated carbocycles. The van der Waals surface area contributed by atoms with Crippen LogP contribution in [0.15, 0.2) is 6.07 Å². The standard InChI is InChI=1S/C15H22N4O/c1-20-8-7-19(11-5-6-11)15-12(14(16)17)9-10-3-2-4-13(10)18-15/h9,11H,2-8H2,1H3,(H3,16,17). The second kappa shape index (κ2) is 5.40. The minimum atomic E-state index is 0.116. The highest BCUT2D eigenvalue weighted by Gasteiger charge is 2.32. The Morgan fingerprint density at radius 3 is 2.95 bits per heavy atom. The molecule has 0 atom stereocenters. The van der Waals surface area contributed by atoms with E-state index in [2.05, 4.69) is 11.0 Å². The fourth-order valence-electron chi connectivity index (χ4n) is 2.92. The first-order valence-electron chi connectivity index (χ1n) is 7.33. The minimum Gasteiger partial charge on any atom is -0.384 e. The van der Waals surface area contributed by atoms with Crippen molar-refractivity contribution in [3.63, 3.8) is 0 Å². The van der Waals surface area contributed by atoms with Crippen molar-refractivity contribution in [3.8, 4) is 0 Å². The average molecular weight is 274 g/mol. The molecule has 1 aromatic rings. The molecule has 20 heavy (non-hydrogen) atoms. The number of aryl methyl sites for hydroxylation is 2. The Kier molecular flexibility index (Phi) is 3.61. The van der Waals surface area contributed by atoms with Gasteiger partial charge in [0.15, 0.2) is 0 Å². The molecule has 108 valence electrons. The highest BCUT2D eigenvalue weighted by molar-refractivity contribution is 6.00. The van der Waals surface area contributed by atoms with Crippen LogP contribution in [0.3, 0.4) is 0 Å². The number of rotatable bonds is 6. The molecule has 5 heteroatoms. The number of anilines is 1. The molecule has 5 nitrogen and oxygen atoms in total. The van der Waals surface area contributed by atoms with Gasteiger partial charge in [0.1, 0.15) is 11.7 Å². The van der Waals surface area contributed by atoms with Gasteiger partial charge in [0.05, 0.1) is 12.2 Å². The Morgan fingerprint density at radius 2 is 2.30 bits per heavy atom. The smallest absolute Gasteiger partial charge is 0.140 e. The molecule has 3 N–H and O–H groups in total. The fraction of sp³-hybridized carbons (Fsp3) is 0.600. The largest absolute Gasteiger partial charge is 0.384 e. The van der Waals surface area contributed by atoms with Gasteiger partial charge in [-0.05, 0) is 43.7 Å². The van der Waals surface area contributed by atoms with Crippen LogP contribution in [-0.4, -0.2) is 37.1 Å². The number of nitrogens with two attached hydrogens (primary N) is 1. The van der Waals surface area contributed by atoms with Crippen molar-refractivity contribution in [2.75, 3.05) is 25.2 Å². The zero-order valence-electron chi connectivity index (χ0n) is 12.0. The number of hydrogen-bond donors (Lipinski definition) is 2. The maximum atomic E-state index is 7.85. The summed E-state index contributed by atoms with van der Waals surface area (Å²) < 4.78 is 5.21. The summed E-state index contributed by atoms with van der Waals surface area (Å²) in [4.78, 5) is 7.12. The van der Waals surface area contributed by atoms with E-state index in [1.54, 1.807) is 7.11 Å². The number of ether oxygens (including phenoxy) is 1. The lowest BCUT2D eigenvalue weighted by Gasteiger charge is -2.26. The second-order valence-electron chi connectivity index (χ2n) is 5.65. The van der Waals surface area contributed by atoms with E-state index >= 15 is 0 Å². The summed E-state index contributed by atoms with van der Waals surface area (Å²) in [5, 5.41) is 7.85. The van der Waals surface area contributed by atoms with Crippen molar-refractivity contribution in [3.05, 3.63) is 22.9 Å². The molecule has 0 aliphatic heterocycles. The van der Waals surface area contributed by atoms with Gasteiger partial charge < -0.3 is 15.4 Å². The van der Waals surface area contributed by atoms with Crippen molar-refractivity contribution < 1.29 is 4.74 Å². The van der Waals surface area contributed by atoms with Crippen molar-refractivity contribution >= 4 is 11.7 Å². The first-order valence-corrected chi connectivity index (χ1v) is 7.33. The van der Waals surface area contributed by atoms with Crippen molar-refractivity contribution in [2.45, 2.75) is 38.1 Å². The zero-order valence-corrected chi connectivity index (χ0v) is 12.0. The number of aromatic nitrogens is 1. The Labute approximate surface area is 119 Å². The molecule has 0 amide bonds. The SMILES string of the molecule is COCCN(c1nc2c(cc1C(=N)N)CCC2)C1CC1. The number of methoxy groups -OCH3 is 1. The van der Waals surface area contributed by atoms with E-state index in [1.807, 2.05) is 0 Å². The van der Waals surface area contributed by atoms with Gasteiger partial charge in [-0.25, -0.2) is 4.98 Å². The van der Waals surface area contributed by atoms with Gasteiger partial charge in [0.2, 0.25) is 0 Å². The monoisotopic (exact) mass is 274 g/mol. The Morgan fingerprint density at radius 1 is 1.50 bits per heavy atom. The first kappa shape index (κ1) is 13.4. The van der Waals surface area contributed by atoms with Crippen LogP contribution in [0, 0.1) is 5.41 Å². The van der Waals surface area contributed by atoms with Crippen molar-refractivity contribution in [2.24, 2.45) is 5.73 Å². The summed E-state index contributed by atoms with van der Waals surface area (Å²) in [7, 11) is 1.72. The molecular formula is C15H22N4O. The van der Waals surface area contributed by atoms with Crippen molar-refractivity contribution in [1.82, 2.24) is 4.98 Å².